The van der Waals surface area contributed by atoms with E-state index in [1.54, 1.807) is 41.5 Å². The fraction of sp³-hybridized carbons (Fsp3) is 1.00. The first-order valence-electron chi connectivity index (χ1n) is 4.93. The van der Waals surface area contributed by atoms with Crippen molar-refractivity contribution in [1.82, 2.24) is 0 Å². The summed E-state index contributed by atoms with van der Waals surface area (Å²) in [5.41, 5.74) is -5.32. The van der Waals surface area contributed by atoms with Crippen molar-refractivity contribution in [2.75, 3.05) is 0 Å². The monoisotopic (exact) mass is 292 g/mol. The number of alkyl halides is 3. The van der Waals surface area contributed by atoms with E-state index in [2.05, 4.69) is 4.15 Å². The Morgan fingerprint density at radius 3 is 1.35 bits per heavy atom. The zero-order valence-corrected chi connectivity index (χ0v) is 12.5. The maximum Gasteiger partial charge on any atom is 0.521 e. The second kappa shape index (κ2) is 4.50. The molecule has 0 heterocycles. The third-order valence-corrected chi connectivity index (χ3v) is 6.39. The van der Waals surface area contributed by atoms with Gasteiger partial charge in [0.15, 0.2) is 0 Å². The van der Waals surface area contributed by atoms with Crippen LogP contribution >= 0.6 is 7.71 Å². The highest BCUT2D eigenvalue weighted by atomic mass is 32.2. The number of halogens is 3. The molecular weight excluding hydrogens is 274 g/mol. The predicted octanol–water partition coefficient (Wildman–Crippen LogP) is 4.10. The van der Waals surface area contributed by atoms with Gasteiger partial charge in [0.2, 0.25) is 7.71 Å². The fourth-order valence-corrected chi connectivity index (χ4v) is 6.61. The molecule has 0 aromatic heterocycles. The molecule has 0 saturated heterocycles. The molecule has 3 nitrogen and oxygen atoms in total. The lowest BCUT2D eigenvalue weighted by Crippen LogP contribution is -2.25. The van der Waals surface area contributed by atoms with Crippen molar-refractivity contribution in [2.45, 2.75) is 57.4 Å². The summed E-state index contributed by atoms with van der Waals surface area (Å²) in [4.78, 5) is 0. The minimum Gasteiger partial charge on any atom is -0.192 e. The van der Waals surface area contributed by atoms with Crippen LogP contribution in [-0.4, -0.2) is 24.2 Å². The molecule has 102 valence electrons. The minimum absolute atomic E-state index is 0.605. The van der Waals surface area contributed by atoms with Gasteiger partial charge in [0, 0.05) is 4.15 Å². The van der Waals surface area contributed by atoms with Gasteiger partial charge in [-0.3, -0.25) is 0 Å². The van der Waals surface area contributed by atoms with Gasteiger partial charge >= 0.3 is 15.5 Å². The predicted molar refractivity (Wildman–Crippen MR) is 63.8 cm³/mol. The number of rotatable bonds is 1. The third kappa shape index (κ3) is 4.54. The maximum atomic E-state index is 12.3. The molecule has 0 atom stereocenters. The van der Waals surface area contributed by atoms with E-state index in [1.165, 1.54) is 0 Å². The molecule has 0 bridgehead atoms. The van der Waals surface area contributed by atoms with E-state index in [-0.39, 0.29) is 0 Å². The molecule has 0 aliphatic carbocycles. The highest BCUT2D eigenvalue weighted by molar-refractivity contribution is 7.93. The SMILES string of the molecule is CC(C)(C)[P+](=NS(=O)(=O)C(F)(F)F)C(C)(C)C. The van der Waals surface area contributed by atoms with Gasteiger partial charge in [0.1, 0.15) is 10.3 Å². The van der Waals surface area contributed by atoms with Gasteiger partial charge in [-0.25, -0.2) is 0 Å². The molecule has 0 aliphatic heterocycles. The van der Waals surface area contributed by atoms with Crippen molar-refractivity contribution >= 4 is 17.7 Å². The van der Waals surface area contributed by atoms with Gasteiger partial charge in [-0.05, 0) is 41.5 Å². The van der Waals surface area contributed by atoms with Gasteiger partial charge < -0.3 is 0 Å². The van der Waals surface area contributed by atoms with Crippen molar-refractivity contribution in [2.24, 2.45) is 4.15 Å². The summed E-state index contributed by atoms with van der Waals surface area (Å²) in [5, 5.41) is -1.21. The number of nitrogens with zero attached hydrogens (tertiary/aromatic N) is 1. The average Bonchev–Trinajstić information content (AvgIpc) is 1.93. The third-order valence-electron chi connectivity index (χ3n) is 1.75. The van der Waals surface area contributed by atoms with E-state index in [0.717, 1.165) is 0 Å². The normalized spacial score (nSPS) is 14.6. The molecule has 0 amide bonds. The van der Waals surface area contributed by atoms with E-state index in [0.29, 0.717) is 0 Å². The number of hydrogen-bond donors (Lipinski definition) is 0. The molecule has 0 radical (unpaired) electrons. The van der Waals surface area contributed by atoms with Crippen molar-refractivity contribution in [3.63, 3.8) is 0 Å². The van der Waals surface area contributed by atoms with Crippen LogP contribution in [0.4, 0.5) is 13.2 Å². The lowest BCUT2D eigenvalue weighted by molar-refractivity contribution is -0.0434. The van der Waals surface area contributed by atoms with Crippen molar-refractivity contribution in [3.05, 3.63) is 0 Å². The van der Waals surface area contributed by atoms with Crippen LogP contribution in [0.15, 0.2) is 4.15 Å². The average molecular weight is 292 g/mol. The highest BCUT2D eigenvalue weighted by Crippen LogP contribution is 2.53. The number of hydrogen-bond acceptors (Lipinski definition) is 2. The Balaban J connectivity index is 5.87. The highest BCUT2D eigenvalue weighted by Gasteiger charge is 2.52. The van der Waals surface area contributed by atoms with Crippen LogP contribution in [0.25, 0.3) is 0 Å². The van der Waals surface area contributed by atoms with Crippen molar-refractivity contribution < 1.29 is 21.6 Å². The second-order valence-corrected chi connectivity index (χ2v) is 11.0. The van der Waals surface area contributed by atoms with E-state index in [1.807, 2.05) is 0 Å². The van der Waals surface area contributed by atoms with E-state index >= 15 is 0 Å². The lowest BCUT2D eigenvalue weighted by Gasteiger charge is -2.19. The molecular formula is C9H18F3NO2PS+. The second-order valence-electron chi connectivity index (χ2n) is 5.66. The first kappa shape index (κ1) is 16.8. The van der Waals surface area contributed by atoms with Gasteiger partial charge in [-0.2, -0.15) is 21.6 Å². The van der Waals surface area contributed by atoms with E-state index < -0.39 is 33.6 Å². The van der Waals surface area contributed by atoms with Crippen LogP contribution in [-0.2, 0) is 10.0 Å². The first-order valence-corrected chi connectivity index (χ1v) is 7.67. The Labute approximate surface area is 101 Å². The van der Waals surface area contributed by atoms with Crippen LogP contribution in [0.1, 0.15) is 41.5 Å². The smallest absolute Gasteiger partial charge is 0.192 e. The number of sulfonamides is 1. The van der Waals surface area contributed by atoms with Crippen LogP contribution in [0.2, 0.25) is 0 Å². The minimum atomic E-state index is -5.41. The van der Waals surface area contributed by atoms with E-state index in [9.17, 15) is 21.6 Å². The first-order chi connectivity index (χ1) is 7.09. The van der Waals surface area contributed by atoms with Crippen LogP contribution in [0, 0.1) is 0 Å². The Bertz CT molecular complexity index is 397. The Hall–Kier alpha value is -0.160. The van der Waals surface area contributed by atoms with Crippen LogP contribution < -0.4 is 0 Å². The Kier molecular flexibility index (Phi) is 4.46. The molecule has 17 heavy (non-hydrogen) atoms. The summed E-state index contributed by atoms with van der Waals surface area (Å²) in [6.07, 6.45) is 0. The molecule has 0 fully saturated rings. The summed E-state index contributed by atoms with van der Waals surface area (Å²) in [7, 11) is -7.09. The van der Waals surface area contributed by atoms with Gasteiger partial charge in [-0.1, -0.05) is 0 Å². The molecule has 0 spiro atoms. The molecule has 0 unspecified atom stereocenters. The molecule has 0 rings (SSSR count). The summed E-state index contributed by atoms with van der Waals surface area (Å²) >= 11 is 0. The molecule has 8 heteroatoms. The molecule has 0 N–H and O–H groups in total. The lowest BCUT2D eigenvalue weighted by atomic mass is 10.2. The molecule has 0 aromatic rings. The summed E-state index contributed by atoms with van der Waals surface area (Å²) < 4.78 is 62.2. The molecule has 0 aromatic carbocycles. The van der Waals surface area contributed by atoms with Gasteiger partial charge in [-0.15, -0.1) is 0 Å². The zero-order chi connectivity index (χ0) is 14.3. The van der Waals surface area contributed by atoms with Crippen molar-refractivity contribution in [1.29, 1.82) is 0 Å². The molecule has 0 saturated carbocycles. The maximum absolute atomic E-state index is 12.3. The van der Waals surface area contributed by atoms with Crippen molar-refractivity contribution in [3.8, 4) is 0 Å². The fourth-order valence-electron chi connectivity index (χ4n) is 1.40. The summed E-state index contributed by atoms with van der Waals surface area (Å²) in [6.45, 7) is 10.2. The summed E-state index contributed by atoms with van der Waals surface area (Å²) in [6, 6.07) is 0. The Morgan fingerprint density at radius 2 is 1.18 bits per heavy atom. The molecule has 0 aliphatic rings. The standard InChI is InChI=1S/C9H18F3NO2PS/c1-7(2,3)16(8(4,5)6)13-17(14,15)9(10,11)12/h1-6H3/q+1. The Morgan fingerprint density at radius 1 is 0.882 bits per heavy atom. The quantitative estimate of drug-likeness (QED) is 0.683. The topological polar surface area (TPSA) is 46.5 Å². The van der Waals surface area contributed by atoms with Gasteiger partial charge in [0.25, 0.3) is 0 Å². The van der Waals surface area contributed by atoms with Gasteiger partial charge in [0.05, 0.1) is 0 Å². The zero-order valence-electron chi connectivity index (χ0n) is 10.8. The largest absolute Gasteiger partial charge is 0.521 e. The van der Waals surface area contributed by atoms with E-state index in [4.69, 9.17) is 0 Å². The summed E-state index contributed by atoms with van der Waals surface area (Å²) in [5.74, 6) is 0. The van der Waals surface area contributed by atoms with Crippen LogP contribution in [0.3, 0.4) is 0 Å². The van der Waals surface area contributed by atoms with Crippen LogP contribution in [0.5, 0.6) is 0 Å².